The number of benzene rings is 2. The van der Waals surface area contributed by atoms with Crippen LogP contribution in [0.25, 0.3) is 11.4 Å². The fourth-order valence-corrected chi connectivity index (χ4v) is 5.24. The summed E-state index contributed by atoms with van der Waals surface area (Å²) >= 11 is 0. The second kappa shape index (κ2) is 8.74. The number of hydrogen-bond acceptors (Lipinski definition) is 6. The molecule has 0 radical (unpaired) electrons. The zero-order chi connectivity index (χ0) is 22.9. The predicted octanol–water partition coefficient (Wildman–Crippen LogP) is 4.09. The summed E-state index contributed by atoms with van der Waals surface area (Å²) in [5.74, 6) is -0.201. The van der Waals surface area contributed by atoms with Gasteiger partial charge in [0.05, 0.1) is 4.90 Å². The van der Waals surface area contributed by atoms with Crippen molar-refractivity contribution in [1.82, 2.24) is 15.0 Å². The Kier molecular flexibility index (Phi) is 6.01. The second-order valence-corrected chi connectivity index (χ2v) is 9.89. The Bertz CT molecular complexity index is 1240. The average molecular weight is 455 g/mol. The molecule has 0 saturated carbocycles. The van der Waals surface area contributed by atoms with E-state index in [0.29, 0.717) is 29.9 Å². The lowest BCUT2D eigenvalue weighted by Crippen LogP contribution is -2.35. The molecular weight excluding hydrogens is 428 g/mol. The number of aromatic nitrogens is 2. The molecule has 32 heavy (non-hydrogen) atoms. The van der Waals surface area contributed by atoms with Gasteiger partial charge in [0.1, 0.15) is 0 Å². The zero-order valence-electron chi connectivity index (χ0n) is 18.4. The van der Waals surface area contributed by atoms with Crippen LogP contribution < -0.4 is 4.72 Å². The fraction of sp³-hybridized carbons (Fsp3) is 0.348. The molecule has 2 heterocycles. The van der Waals surface area contributed by atoms with E-state index in [-0.39, 0.29) is 22.5 Å². The van der Waals surface area contributed by atoms with Gasteiger partial charge in [0.2, 0.25) is 5.82 Å². The summed E-state index contributed by atoms with van der Waals surface area (Å²) in [4.78, 5) is 18.7. The molecule has 8 nitrogen and oxygen atoms in total. The number of carbonyl (C=O) groups is 1. The Hall–Kier alpha value is -3.20. The Morgan fingerprint density at radius 3 is 2.38 bits per heavy atom. The van der Waals surface area contributed by atoms with Crippen LogP contribution in [-0.2, 0) is 10.0 Å². The smallest absolute Gasteiger partial charge is 0.316 e. The van der Waals surface area contributed by atoms with Crippen LogP contribution in [0.4, 0.5) is 5.69 Å². The SMILES string of the molecule is Cc1cc(C)cc(NS(=O)(=O)c2cc(-c3noc(C(=O)N4CCCCC4)n3)ccc2C)c1. The molecular formula is C23H26N4O4S. The molecule has 1 fully saturated rings. The van der Waals surface area contributed by atoms with Crippen molar-refractivity contribution in [2.75, 3.05) is 17.8 Å². The lowest BCUT2D eigenvalue weighted by Gasteiger charge is -2.24. The van der Waals surface area contributed by atoms with Crippen LogP contribution in [0.2, 0.25) is 0 Å². The standard InChI is InChI=1S/C23H26N4O4S/c1-15-11-16(2)13-19(12-15)26-32(29,30)20-14-18(8-7-17(20)3)21-24-22(31-25-21)23(28)27-9-5-4-6-10-27/h7-8,11-14,26H,4-6,9-10H2,1-3H3. The number of carbonyl (C=O) groups excluding carboxylic acids is 1. The van der Waals surface area contributed by atoms with Gasteiger partial charge in [-0.25, -0.2) is 8.42 Å². The third kappa shape index (κ3) is 4.67. The Morgan fingerprint density at radius 2 is 1.69 bits per heavy atom. The molecule has 1 aliphatic heterocycles. The molecule has 4 rings (SSSR count). The quantitative estimate of drug-likeness (QED) is 0.623. The van der Waals surface area contributed by atoms with Crippen molar-refractivity contribution in [2.24, 2.45) is 0 Å². The van der Waals surface area contributed by atoms with Gasteiger partial charge in [-0.2, -0.15) is 4.98 Å². The van der Waals surface area contributed by atoms with Crippen LogP contribution in [0.3, 0.4) is 0 Å². The maximum absolute atomic E-state index is 13.1. The molecule has 0 spiro atoms. The van der Waals surface area contributed by atoms with Crippen LogP contribution in [0.5, 0.6) is 0 Å². The Balaban J connectivity index is 1.61. The zero-order valence-corrected chi connectivity index (χ0v) is 19.2. The van der Waals surface area contributed by atoms with Crippen LogP contribution in [0.15, 0.2) is 45.8 Å². The molecule has 1 aromatic heterocycles. The lowest BCUT2D eigenvalue weighted by molar-refractivity contribution is 0.0674. The molecule has 1 saturated heterocycles. The molecule has 0 unspecified atom stereocenters. The van der Waals surface area contributed by atoms with E-state index in [0.717, 1.165) is 30.4 Å². The number of nitrogens with one attached hydrogen (secondary N) is 1. The van der Waals surface area contributed by atoms with Gasteiger partial charge in [-0.1, -0.05) is 23.4 Å². The number of aryl methyl sites for hydroxylation is 3. The minimum atomic E-state index is -3.85. The third-order valence-corrected chi connectivity index (χ3v) is 6.99. The van der Waals surface area contributed by atoms with Crippen LogP contribution in [-0.4, -0.2) is 42.5 Å². The maximum atomic E-state index is 13.1. The molecule has 1 aliphatic rings. The van der Waals surface area contributed by atoms with E-state index in [1.54, 1.807) is 36.1 Å². The van der Waals surface area contributed by atoms with Crippen molar-refractivity contribution >= 4 is 21.6 Å². The molecule has 3 aromatic rings. The Morgan fingerprint density at radius 1 is 1.00 bits per heavy atom. The molecule has 1 N–H and O–H groups in total. The number of rotatable bonds is 5. The number of sulfonamides is 1. The van der Waals surface area contributed by atoms with Gasteiger partial charge in [0, 0.05) is 24.3 Å². The summed E-state index contributed by atoms with van der Waals surface area (Å²) in [5, 5.41) is 3.91. The molecule has 0 atom stereocenters. The Labute approximate surface area is 187 Å². The number of hydrogen-bond donors (Lipinski definition) is 1. The predicted molar refractivity (Wildman–Crippen MR) is 121 cm³/mol. The first kappa shape index (κ1) is 22.0. The summed E-state index contributed by atoms with van der Waals surface area (Å²) in [6, 6.07) is 10.4. The van der Waals surface area contributed by atoms with Gasteiger partial charge >= 0.3 is 11.8 Å². The van der Waals surface area contributed by atoms with E-state index in [4.69, 9.17) is 4.52 Å². The van der Waals surface area contributed by atoms with Crippen LogP contribution >= 0.6 is 0 Å². The van der Waals surface area contributed by atoms with E-state index < -0.39 is 10.0 Å². The monoisotopic (exact) mass is 454 g/mol. The normalized spacial score (nSPS) is 14.4. The molecule has 0 bridgehead atoms. The number of piperidine rings is 1. The van der Waals surface area contributed by atoms with Gasteiger partial charge in [0.15, 0.2) is 0 Å². The molecule has 9 heteroatoms. The number of anilines is 1. The first-order chi connectivity index (χ1) is 15.2. The van der Waals surface area contributed by atoms with Gasteiger partial charge in [0.25, 0.3) is 10.0 Å². The highest BCUT2D eigenvalue weighted by Gasteiger charge is 2.25. The van der Waals surface area contributed by atoms with E-state index in [1.165, 1.54) is 6.07 Å². The lowest BCUT2D eigenvalue weighted by atomic mass is 10.1. The molecule has 1 amide bonds. The first-order valence-corrected chi connectivity index (χ1v) is 12.1. The molecule has 0 aliphatic carbocycles. The summed E-state index contributed by atoms with van der Waals surface area (Å²) in [7, 11) is -3.85. The van der Waals surface area contributed by atoms with Crippen LogP contribution in [0.1, 0.15) is 46.6 Å². The van der Waals surface area contributed by atoms with Crippen molar-refractivity contribution in [3.63, 3.8) is 0 Å². The fourth-order valence-electron chi connectivity index (χ4n) is 3.93. The summed E-state index contributed by atoms with van der Waals surface area (Å²) < 4.78 is 34.1. The highest BCUT2D eigenvalue weighted by atomic mass is 32.2. The van der Waals surface area contributed by atoms with Crippen molar-refractivity contribution in [3.05, 3.63) is 59.0 Å². The molecule has 2 aromatic carbocycles. The van der Waals surface area contributed by atoms with E-state index in [2.05, 4.69) is 14.9 Å². The third-order valence-electron chi connectivity index (χ3n) is 5.46. The van der Waals surface area contributed by atoms with E-state index >= 15 is 0 Å². The van der Waals surface area contributed by atoms with Crippen molar-refractivity contribution in [1.29, 1.82) is 0 Å². The largest absolute Gasteiger partial charge is 0.334 e. The van der Waals surface area contributed by atoms with Gasteiger partial charge in [-0.3, -0.25) is 9.52 Å². The number of amides is 1. The van der Waals surface area contributed by atoms with Gasteiger partial charge in [-0.15, -0.1) is 0 Å². The van der Waals surface area contributed by atoms with Gasteiger partial charge < -0.3 is 9.42 Å². The topological polar surface area (TPSA) is 105 Å². The number of nitrogens with zero attached hydrogens (tertiary/aromatic N) is 3. The highest BCUT2D eigenvalue weighted by molar-refractivity contribution is 7.92. The second-order valence-electron chi connectivity index (χ2n) is 8.24. The van der Waals surface area contributed by atoms with Crippen LogP contribution in [0, 0.1) is 20.8 Å². The highest BCUT2D eigenvalue weighted by Crippen LogP contribution is 2.26. The van der Waals surface area contributed by atoms with Crippen molar-refractivity contribution in [2.45, 2.75) is 44.9 Å². The van der Waals surface area contributed by atoms with Crippen molar-refractivity contribution < 1.29 is 17.7 Å². The molecule has 168 valence electrons. The maximum Gasteiger partial charge on any atom is 0.316 e. The summed E-state index contributed by atoms with van der Waals surface area (Å²) in [5.41, 5.74) is 3.47. The first-order valence-electron chi connectivity index (χ1n) is 10.6. The minimum Gasteiger partial charge on any atom is -0.334 e. The summed E-state index contributed by atoms with van der Waals surface area (Å²) in [6.45, 7) is 6.90. The van der Waals surface area contributed by atoms with Crippen molar-refractivity contribution in [3.8, 4) is 11.4 Å². The average Bonchev–Trinajstić information content (AvgIpc) is 3.23. The number of likely N-dealkylation sites (tertiary alicyclic amines) is 1. The minimum absolute atomic E-state index is 0.0831. The van der Waals surface area contributed by atoms with E-state index in [9.17, 15) is 13.2 Å². The van der Waals surface area contributed by atoms with Gasteiger partial charge in [-0.05, 0) is 74.9 Å². The summed E-state index contributed by atoms with van der Waals surface area (Å²) in [6.07, 6.45) is 3.02. The van der Waals surface area contributed by atoms with E-state index in [1.807, 2.05) is 19.9 Å².